The van der Waals surface area contributed by atoms with Gasteiger partial charge >= 0.3 is 0 Å². The van der Waals surface area contributed by atoms with E-state index in [0.717, 1.165) is 28.3 Å². The van der Waals surface area contributed by atoms with Crippen LogP contribution in [0.4, 0.5) is 8.78 Å². The van der Waals surface area contributed by atoms with E-state index in [1.807, 2.05) is 41.3 Å². The highest BCUT2D eigenvalue weighted by atomic mass is 32.1. The SMILES string of the molecule is C=CC(=O)N1CCn2nc(-c3nc(-c4ccc5c(c4)CCNC5=O)c4ccsc4c3-c3c(F)cc(F)cc3OCCOC)cc2[C@H]1C. The molecule has 2 aliphatic rings. The normalized spacial score (nSPS) is 15.7. The number of carbonyl (C=O) groups is 2. The number of methoxy groups -OCH3 is 1. The van der Waals surface area contributed by atoms with Gasteiger partial charge in [-0.1, -0.05) is 12.6 Å². The number of hydrogen-bond acceptors (Lipinski definition) is 7. The Bertz CT molecular complexity index is 2070. The molecule has 0 unspecified atom stereocenters. The van der Waals surface area contributed by atoms with Gasteiger partial charge in [0.25, 0.3) is 5.91 Å². The topological polar surface area (TPSA) is 98.6 Å². The molecule has 47 heavy (non-hydrogen) atoms. The average Bonchev–Trinajstić information content (AvgIpc) is 3.73. The van der Waals surface area contributed by atoms with Crippen LogP contribution in [0.15, 0.2) is 60.5 Å². The van der Waals surface area contributed by atoms with Crippen molar-refractivity contribution in [3.8, 4) is 39.5 Å². The molecule has 9 nitrogen and oxygen atoms in total. The van der Waals surface area contributed by atoms with Crippen LogP contribution in [0.2, 0.25) is 0 Å². The van der Waals surface area contributed by atoms with Crippen molar-refractivity contribution in [3.05, 3.63) is 89.0 Å². The number of amides is 2. The van der Waals surface area contributed by atoms with E-state index in [1.54, 1.807) is 11.0 Å². The number of fused-ring (bicyclic) bond motifs is 3. The first-order valence-corrected chi connectivity index (χ1v) is 16.1. The van der Waals surface area contributed by atoms with Gasteiger partial charge in [-0.05, 0) is 54.6 Å². The van der Waals surface area contributed by atoms with E-state index in [2.05, 4.69) is 11.9 Å². The van der Waals surface area contributed by atoms with Crippen LogP contribution in [0.5, 0.6) is 5.75 Å². The quantitative estimate of drug-likeness (QED) is 0.159. The fourth-order valence-corrected chi connectivity index (χ4v) is 7.36. The monoisotopic (exact) mass is 655 g/mol. The van der Waals surface area contributed by atoms with Gasteiger partial charge in [-0.3, -0.25) is 14.3 Å². The smallest absolute Gasteiger partial charge is 0.251 e. The second kappa shape index (κ2) is 12.3. The zero-order chi connectivity index (χ0) is 32.8. The maximum Gasteiger partial charge on any atom is 0.251 e. The number of hydrogen-bond donors (Lipinski definition) is 1. The van der Waals surface area contributed by atoms with Crippen molar-refractivity contribution >= 4 is 33.2 Å². The lowest BCUT2D eigenvalue weighted by molar-refractivity contribution is -0.129. The molecule has 3 aromatic heterocycles. The highest BCUT2D eigenvalue weighted by Gasteiger charge is 2.31. The van der Waals surface area contributed by atoms with Crippen molar-refractivity contribution in [3.63, 3.8) is 0 Å². The molecular formula is C35H31F2N5O4S. The maximum absolute atomic E-state index is 16.1. The molecular weight excluding hydrogens is 624 g/mol. The third-order valence-corrected chi connectivity index (χ3v) is 9.62. The molecule has 0 radical (unpaired) electrons. The first kappa shape index (κ1) is 30.7. The van der Waals surface area contributed by atoms with Crippen LogP contribution < -0.4 is 10.1 Å². The minimum atomic E-state index is -0.803. The van der Waals surface area contributed by atoms with Crippen molar-refractivity contribution < 1.29 is 27.8 Å². The van der Waals surface area contributed by atoms with Crippen LogP contribution >= 0.6 is 11.3 Å². The number of rotatable bonds is 8. The number of ether oxygens (including phenoxy) is 2. The fraction of sp³-hybridized carbons (Fsp3) is 0.257. The van der Waals surface area contributed by atoms with Crippen LogP contribution in [-0.2, 0) is 22.5 Å². The largest absolute Gasteiger partial charge is 0.490 e. The van der Waals surface area contributed by atoms with Gasteiger partial charge in [0.05, 0.1) is 36.1 Å². The van der Waals surface area contributed by atoms with Gasteiger partial charge in [0.15, 0.2) is 0 Å². The van der Waals surface area contributed by atoms with Gasteiger partial charge in [0, 0.05) is 59.1 Å². The van der Waals surface area contributed by atoms with Gasteiger partial charge in [-0.15, -0.1) is 11.3 Å². The summed E-state index contributed by atoms with van der Waals surface area (Å²) in [6.07, 6.45) is 1.98. The van der Waals surface area contributed by atoms with Crippen molar-refractivity contribution in [1.82, 2.24) is 25.0 Å². The number of pyridine rings is 1. The molecule has 0 aliphatic carbocycles. The van der Waals surface area contributed by atoms with E-state index < -0.39 is 11.6 Å². The van der Waals surface area contributed by atoms with E-state index >= 15 is 4.39 Å². The van der Waals surface area contributed by atoms with E-state index in [9.17, 15) is 14.0 Å². The summed E-state index contributed by atoms with van der Waals surface area (Å²) in [6, 6.07) is 11.1. The predicted octanol–water partition coefficient (Wildman–Crippen LogP) is 6.17. The maximum atomic E-state index is 16.1. The molecule has 0 saturated heterocycles. The van der Waals surface area contributed by atoms with E-state index in [0.29, 0.717) is 59.0 Å². The van der Waals surface area contributed by atoms with Gasteiger partial charge in [-0.2, -0.15) is 5.10 Å². The molecule has 2 aliphatic heterocycles. The van der Waals surface area contributed by atoms with Crippen LogP contribution in [0.25, 0.3) is 43.9 Å². The van der Waals surface area contributed by atoms with Gasteiger partial charge in [-0.25, -0.2) is 13.8 Å². The summed E-state index contributed by atoms with van der Waals surface area (Å²) in [7, 11) is 1.52. The number of halogens is 2. The molecule has 2 aromatic carbocycles. The third-order valence-electron chi connectivity index (χ3n) is 8.68. The summed E-state index contributed by atoms with van der Waals surface area (Å²) >= 11 is 1.40. The van der Waals surface area contributed by atoms with Crippen LogP contribution in [0.1, 0.15) is 34.6 Å². The Morgan fingerprint density at radius 1 is 1.13 bits per heavy atom. The van der Waals surface area contributed by atoms with Crippen LogP contribution in [0.3, 0.4) is 0 Å². The summed E-state index contributed by atoms with van der Waals surface area (Å²) in [5.74, 6) is -1.85. The highest BCUT2D eigenvalue weighted by Crippen LogP contribution is 2.47. The Hall–Kier alpha value is -4.94. The number of carbonyl (C=O) groups excluding carboxylic acids is 2. The lowest BCUT2D eigenvalue weighted by Gasteiger charge is -2.33. The van der Waals surface area contributed by atoms with Gasteiger partial charge in [0.1, 0.15) is 35.4 Å². The van der Waals surface area contributed by atoms with Gasteiger partial charge in [0.2, 0.25) is 5.91 Å². The summed E-state index contributed by atoms with van der Waals surface area (Å²) in [4.78, 5) is 32.0. The number of thiophene rings is 1. The number of nitrogens with one attached hydrogen (secondary N) is 1. The second-order valence-corrected chi connectivity index (χ2v) is 12.3. The molecule has 0 saturated carbocycles. The second-order valence-electron chi connectivity index (χ2n) is 11.4. The Balaban J connectivity index is 1.49. The molecule has 1 N–H and O–H groups in total. The Labute approximate surface area is 273 Å². The zero-order valence-corrected chi connectivity index (χ0v) is 26.6. The van der Waals surface area contributed by atoms with E-state index in [1.165, 1.54) is 30.6 Å². The first-order valence-electron chi connectivity index (χ1n) is 15.2. The van der Waals surface area contributed by atoms with Crippen molar-refractivity contribution in [2.75, 3.05) is 33.4 Å². The number of aromatic nitrogens is 3. The molecule has 0 bridgehead atoms. The Morgan fingerprint density at radius 3 is 2.79 bits per heavy atom. The Kier molecular flexibility index (Phi) is 8.06. The summed E-state index contributed by atoms with van der Waals surface area (Å²) in [5, 5.41) is 10.5. The van der Waals surface area contributed by atoms with E-state index in [-0.39, 0.29) is 42.4 Å². The summed E-state index contributed by atoms with van der Waals surface area (Å²) in [5.41, 5.74) is 5.09. The first-order chi connectivity index (χ1) is 22.8. The molecule has 5 heterocycles. The summed E-state index contributed by atoms with van der Waals surface area (Å²) < 4.78 is 44.3. The highest BCUT2D eigenvalue weighted by molar-refractivity contribution is 7.18. The van der Waals surface area contributed by atoms with Crippen molar-refractivity contribution in [1.29, 1.82) is 0 Å². The minimum absolute atomic E-state index is 0.0185. The lowest BCUT2D eigenvalue weighted by Crippen LogP contribution is -2.40. The van der Waals surface area contributed by atoms with E-state index in [4.69, 9.17) is 19.6 Å². The molecule has 0 spiro atoms. The molecule has 1 atom stereocenters. The number of nitrogens with zero attached hydrogens (tertiary/aromatic N) is 4. The predicted molar refractivity (Wildman–Crippen MR) is 175 cm³/mol. The molecule has 5 aromatic rings. The minimum Gasteiger partial charge on any atom is -0.490 e. The summed E-state index contributed by atoms with van der Waals surface area (Å²) in [6.45, 7) is 7.30. The average molecular weight is 656 g/mol. The lowest BCUT2D eigenvalue weighted by atomic mass is 9.93. The van der Waals surface area contributed by atoms with Gasteiger partial charge < -0.3 is 19.7 Å². The molecule has 12 heteroatoms. The molecule has 0 fully saturated rings. The van der Waals surface area contributed by atoms with Crippen LogP contribution in [0, 0.1) is 11.6 Å². The third kappa shape index (κ3) is 5.36. The molecule has 7 rings (SSSR count). The standard InChI is InChI=1S/C35H31F2N5O4S/c1-4-29(43)41-10-11-42-27(19(41)2)18-26(40-42)33-31(30-25(37)16-22(36)17-28(30)46-13-12-45-3)34-24(8-14-47-34)32(39-33)21-5-6-23-20(15-21)7-9-38-35(23)44/h4-6,8,14-19H,1,7,9-13H2,2-3H3,(H,38,44)/t19-/m1/s1. The van der Waals surface area contributed by atoms with Crippen molar-refractivity contribution in [2.45, 2.75) is 25.9 Å². The zero-order valence-electron chi connectivity index (χ0n) is 25.8. The molecule has 240 valence electrons. The van der Waals surface area contributed by atoms with Crippen LogP contribution in [-0.4, -0.2) is 64.9 Å². The fourth-order valence-electron chi connectivity index (χ4n) is 6.42. The Morgan fingerprint density at radius 2 is 1.98 bits per heavy atom. The number of benzene rings is 2. The van der Waals surface area contributed by atoms with Crippen molar-refractivity contribution in [2.24, 2.45) is 0 Å². The molecule has 2 amide bonds.